The summed E-state index contributed by atoms with van der Waals surface area (Å²) in [4.78, 5) is 12.3. The summed E-state index contributed by atoms with van der Waals surface area (Å²) in [5.41, 5.74) is 0.495. The van der Waals surface area contributed by atoms with Gasteiger partial charge in [-0.25, -0.2) is 4.79 Å². The van der Waals surface area contributed by atoms with E-state index in [9.17, 15) is 22.9 Å². The molecule has 1 fully saturated rings. The second-order valence-electron chi connectivity index (χ2n) is 6.54. The van der Waals surface area contributed by atoms with Crippen molar-refractivity contribution in [1.82, 2.24) is 0 Å². The standard InChI is InChI=1S/C19H19IO6S/c20-16-8-4-7-14(18(16)21)19(22)26-13-9-10-17(27(23,24)25)15(11-13)12-5-2-1-3-6-12/h4,7-12,21H,1-3,5-6H2,(H,23,24,25). The maximum atomic E-state index is 12.4. The van der Waals surface area contributed by atoms with Crippen LogP contribution in [0.4, 0.5) is 0 Å². The minimum absolute atomic E-state index is 0.0135. The lowest BCUT2D eigenvalue weighted by molar-refractivity contribution is 0.0731. The summed E-state index contributed by atoms with van der Waals surface area (Å²) in [6.07, 6.45) is 4.69. The van der Waals surface area contributed by atoms with Crippen molar-refractivity contribution in [3.63, 3.8) is 0 Å². The molecule has 0 atom stereocenters. The quantitative estimate of drug-likeness (QED) is 0.276. The molecule has 1 aliphatic rings. The van der Waals surface area contributed by atoms with Crippen molar-refractivity contribution < 1.29 is 27.6 Å². The van der Waals surface area contributed by atoms with Gasteiger partial charge in [-0.3, -0.25) is 4.55 Å². The van der Waals surface area contributed by atoms with E-state index < -0.39 is 16.1 Å². The summed E-state index contributed by atoms with van der Waals surface area (Å²) in [6.45, 7) is 0. The number of rotatable bonds is 4. The van der Waals surface area contributed by atoms with Crippen molar-refractivity contribution >= 4 is 38.7 Å². The Morgan fingerprint density at radius 3 is 2.48 bits per heavy atom. The van der Waals surface area contributed by atoms with E-state index in [2.05, 4.69) is 0 Å². The van der Waals surface area contributed by atoms with Crippen LogP contribution in [0.2, 0.25) is 0 Å². The highest BCUT2D eigenvalue weighted by molar-refractivity contribution is 14.1. The predicted octanol–water partition coefficient (Wildman–Crippen LogP) is 4.51. The molecule has 0 aliphatic heterocycles. The van der Waals surface area contributed by atoms with Crippen LogP contribution in [-0.4, -0.2) is 24.0 Å². The van der Waals surface area contributed by atoms with Crippen LogP contribution in [0, 0.1) is 3.57 Å². The first-order valence-electron chi connectivity index (χ1n) is 8.58. The number of phenols is 1. The highest BCUT2D eigenvalue weighted by Gasteiger charge is 2.25. The van der Waals surface area contributed by atoms with Crippen molar-refractivity contribution in [3.05, 3.63) is 51.1 Å². The fourth-order valence-electron chi connectivity index (χ4n) is 3.40. The zero-order valence-electron chi connectivity index (χ0n) is 14.4. The minimum atomic E-state index is -4.37. The molecule has 8 heteroatoms. The largest absolute Gasteiger partial charge is 0.506 e. The van der Waals surface area contributed by atoms with Gasteiger partial charge in [-0.15, -0.1) is 0 Å². The van der Waals surface area contributed by atoms with E-state index in [1.54, 1.807) is 12.1 Å². The first-order valence-corrected chi connectivity index (χ1v) is 11.1. The molecular weight excluding hydrogens is 483 g/mol. The summed E-state index contributed by atoms with van der Waals surface area (Å²) in [5.74, 6) is -0.739. The Morgan fingerprint density at radius 2 is 1.81 bits per heavy atom. The molecule has 2 aromatic carbocycles. The van der Waals surface area contributed by atoms with Crippen molar-refractivity contribution in [3.8, 4) is 11.5 Å². The van der Waals surface area contributed by atoms with Gasteiger partial charge in [-0.1, -0.05) is 25.3 Å². The van der Waals surface area contributed by atoms with E-state index >= 15 is 0 Å². The Hall–Kier alpha value is -1.65. The Morgan fingerprint density at radius 1 is 1.11 bits per heavy atom. The Kier molecular flexibility index (Phi) is 6.07. The monoisotopic (exact) mass is 502 g/mol. The SMILES string of the molecule is O=C(Oc1ccc(S(=O)(=O)O)c(C2CCCCC2)c1)c1cccc(I)c1O. The minimum Gasteiger partial charge on any atom is -0.506 e. The molecular formula is C19H19IO6S. The van der Waals surface area contributed by atoms with Crippen molar-refractivity contribution in [1.29, 1.82) is 0 Å². The fraction of sp³-hybridized carbons (Fsp3) is 0.316. The summed E-state index contributed by atoms with van der Waals surface area (Å²) in [6, 6.07) is 8.84. The van der Waals surface area contributed by atoms with E-state index in [0.717, 1.165) is 32.1 Å². The number of aromatic hydroxyl groups is 1. The maximum Gasteiger partial charge on any atom is 0.347 e. The molecule has 0 amide bonds. The van der Waals surface area contributed by atoms with Crippen LogP contribution in [-0.2, 0) is 10.1 Å². The zero-order chi connectivity index (χ0) is 19.6. The maximum absolute atomic E-state index is 12.4. The van der Waals surface area contributed by atoms with Crippen molar-refractivity contribution in [2.24, 2.45) is 0 Å². The molecule has 0 bridgehead atoms. The number of para-hydroxylation sites is 1. The van der Waals surface area contributed by atoms with Gasteiger partial charge in [0, 0.05) is 0 Å². The van der Waals surface area contributed by atoms with Crippen molar-refractivity contribution in [2.75, 3.05) is 0 Å². The van der Waals surface area contributed by atoms with Gasteiger partial charge in [-0.05, 0) is 77.2 Å². The van der Waals surface area contributed by atoms with Crippen LogP contribution in [0.25, 0.3) is 0 Å². The van der Waals surface area contributed by atoms with Crippen LogP contribution >= 0.6 is 22.6 Å². The Bertz CT molecular complexity index is 964. The topological polar surface area (TPSA) is 101 Å². The molecule has 2 aromatic rings. The van der Waals surface area contributed by atoms with Gasteiger partial charge in [0.15, 0.2) is 0 Å². The van der Waals surface area contributed by atoms with Gasteiger partial charge in [0.1, 0.15) is 17.1 Å². The number of phenolic OH excluding ortho intramolecular Hbond substituents is 1. The third-order valence-electron chi connectivity index (χ3n) is 4.72. The van der Waals surface area contributed by atoms with Crippen molar-refractivity contribution in [2.45, 2.75) is 42.9 Å². The number of carbonyl (C=O) groups is 1. The molecule has 27 heavy (non-hydrogen) atoms. The first-order chi connectivity index (χ1) is 12.8. The molecule has 0 spiro atoms. The first kappa shape index (κ1) is 20.1. The molecule has 1 saturated carbocycles. The molecule has 0 unspecified atom stereocenters. The highest BCUT2D eigenvalue weighted by atomic mass is 127. The third-order valence-corrected chi connectivity index (χ3v) is 6.52. The Labute approximate surface area is 171 Å². The number of carbonyl (C=O) groups excluding carboxylic acids is 1. The second kappa shape index (κ2) is 8.15. The van der Waals surface area contributed by atoms with E-state index in [0.29, 0.717) is 9.13 Å². The molecule has 0 aromatic heterocycles. The Balaban J connectivity index is 1.94. The molecule has 6 nitrogen and oxygen atoms in total. The lowest BCUT2D eigenvalue weighted by Gasteiger charge is -2.24. The van der Waals surface area contributed by atoms with Crippen LogP contribution in [0.1, 0.15) is 53.9 Å². The number of esters is 1. The number of halogens is 1. The highest BCUT2D eigenvalue weighted by Crippen LogP contribution is 2.38. The van der Waals surface area contributed by atoms with E-state index in [4.69, 9.17) is 4.74 Å². The lowest BCUT2D eigenvalue weighted by atomic mass is 9.84. The second-order valence-corrected chi connectivity index (χ2v) is 9.09. The normalized spacial score (nSPS) is 15.5. The van der Waals surface area contributed by atoms with Gasteiger partial charge < -0.3 is 9.84 Å². The summed E-state index contributed by atoms with van der Waals surface area (Å²) >= 11 is 1.91. The fourth-order valence-corrected chi connectivity index (χ4v) is 4.66. The molecule has 3 rings (SSSR count). The number of ether oxygens (including phenoxy) is 1. The predicted molar refractivity (Wildman–Crippen MR) is 108 cm³/mol. The van der Waals surface area contributed by atoms with Gasteiger partial charge in [0.05, 0.1) is 8.47 Å². The zero-order valence-corrected chi connectivity index (χ0v) is 17.4. The summed E-state index contributed by atoms with van der Waals surface area (Å²) < 4.78 is 38.9. The van der Waals surface area contributed by atoms with Gasteiger partial charge in [0.25, 0.3) is 10.1 Å². The molecule has 0 heterocycles. The van der Waals surface area contributed by atoms with Gasteiger partial charge >= 0.3 is 5.97 Å². The molecule has 0 radical (unpaired) electrons. The van der Waals surface area contributed by atoms with Crippen LogP contribution in [0.3, 0.4) is 0 Å². The summed E-state index contributed by atoms with van der Waals surface area (Å²) in [5, 5.41) is 10.0. The smallest absolute Gasteiger partial charge is 0.347 e. The van der Waals surface area contributed by atoms with Crippen LogP contribution < -0.4 is 4.74 Å². The van der Waals surface area contributed by atoms with Gasteiger partial charge in [0.2, 0.25) is 0 Å². The summed E-state index contributed by atoms with van der Waals surface area (Å²) in [7, 11) is -4.37. The van der Waals surface area contributed by atoms with Gasteiger partial charge in [-0.2, -0.15) is 8.42 Å². The lowest BCUT2D eigenvalue weighted by Crippen LogP contribution is -2.13. The van der Waals surface area contributed by atoms with E-state index in [1.165, 1.54) is 24.3 Å². The number of hydrogen-bond donors (Lipinski definition) is 2. The molecule has 1 aliphatic carbocycles. The van der Waals surface area contributed by atoms with Crippen LogP contribution in [0.5, 0.6) is 11.5 Å². The average Bonchev–Trinajstić information content (AvgIpc) is 2.63. The number of benzene rings is 2. The third kappa shape index (κ3) is 4.61. The van der Waals surface area contributed by atoms with Crippen LogP contribution in [0.15, 0.2) is 41.3 Å². The molecule has 2 N–H and O–H groups in total. The molecule has 144 valence electrons. The van der Waals surface area contributed by atoms with E-state index in [1.807, 2.05) is 22.6 Å². The molecule has 0 saturated heterocycles. The average molecular weight is 502 g/mol. The van der Waals surface area contributed by atoms with E-state index in [-0.39, 0.29) is 27.9 Å². The number of hydrogen-bond acceptors (Lipinski definition) is 5.